The normalized spacial score (nSPS) is 11.3. The number of carbonyl (C=O) groups excluding carboxylic acids is 1. The predicted octanol–water partition coefficient (Wildman–Crippen LogP) is 5.57. The first-order chi connectivity index (χ1) is 15.4. The van der Waals surface area contributed by atoms with Gasteiger partial charge in [-0.1, -0.05) is 88.0 Å². The lowest BCUT2D eigenvalue weighted by atomic mass is 9.92. The SMILES string of the molecule is COCCn1c(SCC(=O)Nc2c(C(C)C)cccc2C(C)C)nnc1-c1ccccc1. The lowest BCUT2D eigenvalue weighted by Crippen LogP contribution is -2.18. The Bertz CT molecular complexity index is 1010. The second-order valence-electron chi connectivity index (χ2n) is 8.27. The second-order valence-corrected chi connectivity index (χ2v) is 9.22. The fourth-order valence-electron chi connectivity index (χ4n) is 3.58. The molecule has 6 nitrogen and oxygen atoms in total. The Morgan fingerprint density at radius 3 is 2.25 bits per heavy atom. The molecule has 0 atom stereocenters. The van der Waals surface area contributed by atoms with Crippen molar-refractivity contribution in [2.75, 3.05) is 24.8 Å². The maximum absolute atomic E-state index is 12.9. The van der Waals surface area contributed by atoms with Crippen LogP contribution in [0.1, 0.15) is 50.7 Å². The number of benzene rings is 2. The summed E-state index contributed by atoms with van der Waals surface area (Å²) in [5, 5.41) is 12.6. The minimum absolute atomic E-state index is 0.0486. The van der Waals surface area contributed by atoms with Crippen molar-refractivity contribution in [2.24, 2.45) is 0 Å². The summed E-state index contributed by atoms with van der Waals surface area (Å²) >= 11 is 1.39. The fraction of sp³-hybridized carbons (Fsp3) is 0.400. The highest BCUT2D eigenvalue weighted by Crippen LogP contribution is 2.32. The van der Waals surface area contributed by atoms with E-state index >= 15 is 0 Å². The Kier molecular flexibility index (Phi) is 8.47. The average molecular weight is 453 g/mol. The third kappa shape index (κ3) is 5.78. The van der Waals surface area contributed by atoms with Crippen LogP contribution in [-0.2, 0) is 16.1 Å². The molecule has 7 heteroatoms. The molecule has 0 aliphatic carbocycles. The van der Waals surface area contributed by atoms with Crippen molar-refractivity contribution < 1.29 is 9.53 Å². The number of amides is 1. The van der Waals surface area contributed by atoms with Crippen LogP contribution in [0.4, 0.5) is 5.69 Å². The molecule has 0 unspecified atom stereocenters. The highest BCUT2D eigenvalue weighted by Gasteiger charge is 2.18. The number of hydrogen-bond acceptors (Lipinski definition) is 5. The summed E-state index contributed by atoms with van der Waals surface area (Å²) < 4.78 is 7.28. The van der Waals surface area contributed by atoms with Gasteiger partial charge in [-0.15, -0.1) is 10.2 Å². The van der Waals surface area contributed by atoms with E-state index in [9.17, 15) is 4.79 Å². The molecule has 0 bridgehead atoms. The van der Waals surface area contributed by atoms with Crippen LogP contribution in [0.25, 0.3) is 11.4 Å². The zero-order valence-corrected chi connectivity index (χ0v) is 20.3. The van der Waals surface area contributed by atoms with Gasteiger partial charge in [0, 0.05) is 18.4 Å². The van der Waals surface area contributed by atoms with Gasteiger partial charge in [0.1, 0.15) is 0 Å². The molecule has 3 rings (SSSR count). The van der Waals surface area contributed by atoms with Crippen molar-refractivity contribution in [1.82, 2.24) is 14.8 Å². The van der Waals surface area contributed by atoms with Gasteiger partial charge in [-0.05, 0) is 23.0 Å². The number of para-hydroxylation sites is 1. The van der Waals surface area contributed by atoms with E-state index in [1.165, 1.54) is 11.8 Å². The number of nitrogens with zero attached hydrogens (tertiary/aromatic N) is 3. The van der Waals surface area contributed by atoms with Crippen LogP contribution >= 0.6 is 11.8 Å². The van der Waals surface area contributed by atoms with Gasteiger partial charge in [-0.3, -0.25) is 9.36 Å². The molecule has 0 radical (unpaired) electrons. The van der Waals surface area contributed by atoms with E-state index in [1.54, 1.807) is 7.11 Å². The summed E-state index contributed by atoms with van der Waals surface area (Å²) in [4.78, 5) is 12.9. The van der Waals surface area contributed by atoms with E-state index in [4.69, 9.17) is 4.74 Å². The fourth-order valence-corrected chi connectivity index (χ4v) is 4.35. The van der Waals surface area contributed by atoms with Crippen LogP contribution in [-0.4, -0.2) is 40.1 Å². The molecular weight excluding hydrogens is 420 g/mol. The number of methoxy groups -OCH3 is 1. The first-order valence-corrected chi connectivity index (χ1v) is 11.9. The topological polar surface area (TPSA) is 69.0 Å². The molecule has 1 amide bonds. The molecular formula is C25H32N4O2S. The van der Waals surface area contributed by atoms with Gasteiger partial charge in [0.15, 0.2) is 11.0 Å². The number of thioether (sulfide) groups is 1. The maximum atomic E-state index is 12.9. The summed E-state index contributed by atoms with van der Waals surface area (Å²) in [6, 6.07) is 16.2. The molecule has 2 aromatic carbocycles. The second kappa shape index (κ2) is 11.3. The Labute approximate surface area is 194 Å². The molecule has 170 valence electrons. The summed E-state index contributed by atoms with van der Waals surface area (Å²) in [6.45, 7) is 9.74. The Hall–Kier alpha value is -2.64. The van der Waals surface area contributed by atoms with Crippen molar-refractivity contribution in [3.8, 4) is 11.4 Å². The first-order valence-electron chi connectivity index (χ1n) is 10.9. The average Bonchev–Trinajstić information content (AvgIpc) is 3.19. The molecule has 1 heterocycles. The Morgan fingerprint density at radius 1 is 1.00 bits per heavy atom. The van der Waals surface area contributed by atoms with Gasteiger partial charge in [-0.2, -0.15) is 0 Å². The van der Waals surface area contributed by atoms with E-state index < -0.39 is 0 Å². The molecule has 0 aliphatic rings. The summed E-state index contributed by atoms with van der Waals surface area (Å²) in [5.74, 6) is 1.62. The van der Waals surface area contributed by atoms with Crippen molar-refractivity contribution in [3.05, 3.63) is 59.7 Å². The van der Waals surface area contributed by atoms with Gasteiger partial charge in [0.2, 0.25) is 5.91 Å². The molecule has 0 aliphatic heterocycles. The van der Waals surface area contributed by atoms with Crippen molar-refractivity contribution in [2.45, 2.75) is 51.2 Å². The number of carbonyl (C=O) groups is 1. The van der Waals surface area contributed by atoms with Gasteiger partial charge < -0.3 is 10.1 Å². The number of aromatic nitrogens is 3. The lowest BCUT2D eigenvalue weighted by molar-refractivity contribution is -0.113. The maximum Gasteiger partial charge on any atom is 0.234 e. The molecule has 0 spiro atoms. The van der Waals surface area contributed by atoms with Crippen LogP contribution < -0.4 is 5.32 Å². The van der Waals surface area contributed by atoms with Crippen molar-refractivity contribution in [3.63, 3.8) is 0 Å². The first kappa shape index (κ1) is 24.0. The van der Waals surface area contributed by atoms with Crippen LogP contribution in [0.5, 0.6) is 0 Å². The van der Waals surface area contributed by atoms with E-state index in [0.717, 1.165) is 28.2 Å². The molecule has 32 heavy (non-hydrogen) atoms. The van der Waals surface area contributed by atoms with Crippen LogP contribution in [0, 0.1) is 0 Å². The van der Waals surface area contributed by atoms with Crippen LogP contribution in [0.15, 0.2) is 53.7 Å². The Morgan fingerprint density at radius 2 is 1.66 bits per heavy atom. The van der Waals surface area contributed by atoms with Crippen LogP contribution in [0.2, 0.25) is 0 Å². The lowest BCUT2D eigenvalue weighted by Gasteiger charge is -2.20. The van der Waals surface area contributed by atoms with Crippen molar-refractivity contribution in [1.29, 1.82) is 0 Å². The molecule has 1 aromatic heterocycles. The molecule has 1 N–H and O–H groups in total. The summed E-state index contributed by atoms with van der Waals surface area (Å²) in [7, 11) is 1.67. The van der Waals surface area contributed by atoms with Gasteiger partial charge in [0.25, 0.3) is 0 Å². The highest BCUT2D eigenvalue weighted by atomic mass is 32.2. The van der Waals surface area contributed by atoms with Gasteiger partial charge >= 0.3 is 0 Å². The Balaban J connectivity index is 1.78. The van der Waals surface area contributed by atoms with Gasteiger partial charge in [0.05, 0.1) is 18.9 Å². The third-order valence-corrected chi connectivity index (χ3v) is 6.20. The van der Waals surface area contributed by atoms with E-state index in [0.29, 0.717) is 30.1 Å². The summed E-state index contributed by atoms with van der Waals surface area (Å²) in [6.07, 6.45) is 0. The van der Waals surface area contributed by atoms with Crippen molar-refractivity contribution >= 4 is 23.4 Å². The zero-order chi connectivity index (χ0) is 23.1. The largest absolute Gasteiger partial charge is 0.383 e. The number of hydrogen-bond donors (Lipinski definition) is 1. The monoisotopic (exact) mass is 452 g/mol. The highest BCUT2D eigenvalue weighted by molar-refractivity contribution is 7.99. The number of rotatable bonds is 10. The third-order valence-electron chi connectivity index (χ3n) is 5.24. The summed E-state index contributed by atoms with van der Waals surface area (Å²) in [5.41, 5.74) is 4.24. The van der Waals surface area contributed by atoms with Gasteiger partial charge in [-0.25, -0.2) is 0 Å². The smallest absolute Gasteiger partial charge is 0.234 e. The number of ether oxygens (including phenoxy) is 1. The number of anilines is 1. The molecule has 3 aromatic rings. The standard InChI is InChI=1S/C25H32N4O2S/c1-17(2)20-12-9-13-21(18(3)4)23(20)26-22(30)16-32-25-28-27-24(29(25)14-15-31-5)19-10-7-6-8-11-19/h6-13,17-18H,14-16H2,1-5H3,(H,26,30). The quantitative estimate of drug-likeness (QED) is 0.407. The minimum atomic E-state index is -0.0486. The molecule has 0 saturated carbocycles. The molecule has 0 saturated heterocycles. The predicted molar refractivity (Wildman–Crippen MR) is 131 cm³/mol. The van der Waals surface area contributed by atoms with E-state index in [2.05, 4.69) is 61.4 Å². The van der Waals surface area contributed by atoms with E-state index in [1.807, 2.05) is 34.9 Å². The van der Waals surface area contributed by atoms with E-state index in [-0.39, 0.29) is 11.7 Å². The zero-order valence-electron chi connectivity index (χ0n) is 19.5. The molecule has 0 fully saturated rings. The van der Waals surface area contributed by atoms with Crippen LogP contribution in [0.3, 0.4) is 0 Å². The minimum Gasteiger partial charge on any atom is -0.383 e. The number of nitrogens with one attached hydrogen (secondary N) is 1.